The quantitative estimate of drug-likeness (QED) is 0.150. The van der Waals surface area contributed by atoms with Gasteiger partial charge in [0.25, 0.3) is 0 Å². The average Bonchev–Trinajstić information content (AvgIpc) is 3.27. The zero-order chi connectivity index (χ0) is 36.6. The van der Waals surface area contributed by atoms with Crippen LogP contribution in [0.1, 0.15) is 0 Å². The summed E-state index contributed by atoms with van der Waals surface area (Å²) < 4.78 is 0. The normalized spacial score (nSPS) is 11.3. The fourth-order valence-corrected chi connectivity index (χ4v) is 8.19. The van der Waals surface area contributed by atoms with Crippen LogP contribution in [0.3, 0.4) is 0 Å². The molecular formula is C54H37N. The van der Waals surface area contributed by atoms with Gasteiger partial charge < -0.3 is 4.90 Å². The first kappa shape index (κ1) is 32.4. The maximum absolute atomic E-state index is 2.41. The molecular weight excluding hydrogens is 663 g/mol. The molecule has 55 heavy (non-hydrogen) atoms. The molecule has 0 bridgehead atoms. The second-order valence-corrected chi connectivity index (χ2v) is 14.1. The highest BCUT2D eigenvalue weighted by molar-refractivity contribution is 6.09. The van der Waals surface area contributed by atoms with E-state index in [0.29, 0.717) is 0 Å². The van der Waals surface area contributed by atoms with Crippen LogP contribution in [0.4, 0.5) is 17.1 Å². The van der Waals surface area contributed by atoms with Gasteiger partial charge >= 0.3 is 0 Å². The van der Waals surface area contributed by atoms with Crippen LogP contribution in [0.15, 0.2) is 224 Å². The van der Waals surface area contributed by atoms with Crippen molar-refractivity contribution < 1.29 is 0 Å². The highest BCUT2D eigenvalue weighted by Gasteiger charge is 2.18. The summed E-state index contributed by atoms with van der Waals surface area (Å²) in [5.41, 5.74) is 13.0. The van der Waals surface area contributed by atoms with Crippen LogP contribution >= 0.6 is 0 Å². The summed E-state index contributed by atoms with van der Waals surface area (Å²) >= 11 is 0. The minimum absolute atomic E-state index is 1.10. The SMILES string of the molecule is c1ccc(-c2ccc(N(c3ccc(-c4cccc5c(-c6ccccc6)cccc45)cc3)c3ccc4ccc5ccccc5c4c3)cc2-c2ccccc2)cc1. The van der Waals surface area contributed by atoms with Crippen LogP contribution < -0.4 is 4.90 Å². The standard InChI is InChI=1S/C54H37N/c1-4-14-38(15-5-1)47-22-12-25-52-48(23-13-24-51(47)52)42-28-31-44(32-29-42)55(45-33-30-43-27-26-41-20-10-11-21-49(41)54(43)36-45)46-34-35-50(39-16-6-2-7-17-39)53(37-46)40-18-8-3-9-19-40/h1-37H. The Morgan fingerprint density at radius 2 is 0.655 bits per heavy atom. The number of nitrogens with zero attached hydrogens (tertiary/aromatic N) is 1. The fraction of sp³-hybridized carbons (Fsp3) is 0. The van der Waals surface area contributed by atoms with Gasteiger partial charge in [0, 0.05) is 17.1 Å². The molecule has 0 amide bonds. The van der Waals surface area contributed by atoms with E-state index >= 15 is 0 Å². The number of benzene rings is 10. The third kappa shape index (κ3) is 6.02. The molecule has 0 aromatic heterocycles. The number of hydrogen-bond acceptors (Lipinski definition) is 1. The molecule has 0 aliphatic heterocycles. The second-order valence-electron chi connectivity index (χ2n) is 14.1. The molecule has 0 aliphatic rings. The molecule has 0 atom stereocenters. The molecule has 258 valence electrons. The van der Waals surface area contributed by atoms with Gasteiger partial charge in [-0.05, 0) is 113 Å². The Morgan fingerprint density at radius 1 is 0.218 bits per heavy atom. The molecule has 0 saturated heterocycles. The Kier molecular flexibility index (Phi) is 8.24. The van der Waals surface area contributed by atoms with E-state index in [2.05, 4.69) is 229 Å². The Morgan fingerprint density at radius 3 is 1.29 bits per heavy atom. The number of fused-ring (bicyclic) bond motifs is 4. The zero-order valence-corrected chi connectivity index (χ0v) is 30.3. The van der Waals surface area contributed by atoms with Crippen LogP contribution in [0, 0.1) is 0 Å². The van der Waals surface area contributed by atoms with Crippen LogP contribution in [0.5, 0.6) is 0 Å². The minimum Gasteiger partial charge on any atom is -0.310 e. The van der Waals surface area contributed by atoms with Crippen molar-refractivity contribution in [2.24, 2.45) is 0 Å². The zero-order valence-electron chi connectivity index (χ0n) is 30.3. The molecule has 1 nitrogen and oxygen atoms in total. The molecule has 10 aromatic rings. The molecule has 0 radical (unpaired) electrons. The van der Waals surface area contributed by atoms with Crippen molar-refractivity contribution in [3.8, 4) is 44.5 Å². The van der Waals surface area contributed by atoms with Crippen LogP contribution in [0.25, 0.3) is 76.8 Å². The van der Waals surface area contributed by atoms with E-state index in [4.69, 9.17) is 0 Å². The van der Waals surface area contributed by atoms with Gasteiger partial charge in [0.05, 0.1) is 0 Å². The third-order valence-corrected chi connectivity index (χ3v) is 10.9. The maximum atomic E-state index is 2.41. The molecule has 0 spiro atoms. The lowest BCUT2D eigenvalue weighted by molar-refractivity contribution is 1.29. The minimum atomic E-state index is 1.10. The van der Waals surface area contributed by atoms with Crippen molar-refractivity contribution in [3.63, 3.8) is 0 Å². The van der Waals surface area contributed by atoms with Crippen LogP contribution in [-0.2, 0) is 0 Å². The highest BCUT2D eigenvalue weighted by atomic mass is 15.1. The summed E-state index contributed by atoms with van der Waals surface area (Å²) in [6.45, 7) is 0. The van der Waals surface area contributed by atoms with Crippen molar-refractivity contribution in [2.75, 3.05) is 4.90 Å². The van der Waals surface area contributed by atoms with Crippen molar-refractivity contribution >= 4 is 49.4 Å². The fourth-order valence-electron chi connectivity index (χ4n) is 8.19. The Bertz CT molecular complexity index is 2950. The molecule has 0 fully saturated rings. The summed E-state index contributed by atoms with van der Waals surface area (Å²) in [6, 6.07) is 81.5. The number of hydrogen-bond donors (Lipinski definition) is 0. The molecule has 10 aromatic carbocycles. The van der Waals surface area contributed by atoms with Gasteiger partial charge in [-0.1, -0.05) is 188 Å². The number of anilines is 3. The monoisotopic (exact) mass is 699 g/mol. The van der Waals surface area contributed by atoms with Crippen molar-refractivity contribution in [2.45, 2.75) is 0 Å². The first-order valence-electron chi connectivity index (χ1n) is 18.9. The van der Waals surface area contributed by atoms with E-state index in [9.17, 15) is 0 Å². The van der Waals surface area contributed by atoms with E-state index in [1.54, 1.807) is 0 Å². The largest absolute Gasteiger partial charge is 0.310 e. The Balaban J connectivity index is 1.14. The lowest BCUT2D eigenvalue weighted by Crippen LogP contribution is -2.10. The summed E-state index contributed by atoms with van der Waals surface area (Å²) in [5, 5.41) is 7.48. The van der Waals surface area contributed by atoms with Gasteiger partial charge in [0.2, 0.25) is 0 Å². The van der Waals surface area contributed by atoms with E-state index in [1.165, 1.54) is 76.8 Å². The van der Waals surface area contributed by atoms with Crippen molar-refractivity contribution in [1.29, 1.82) is 0 Å². The molecule has 0 N–H and O–H groups in total. The van der Waals surface area contributed by atoms with Crippen LogP contribution in [-0.4, -0.2) is 0 Å². The van der Waals surface area contributed by atoms with Crippen molar-refractivity contribution in [3.05, 3.63) is 224 Å². The predicted molar refractivity (Wildman–Crippen MR) is 235 cm³/mol. The van der Waals surface area contributed by atoms with Gasteiger partial charge in [-0.3, -0.25) is 0 Å². The molecule has 0 saturated carbocycles. The summed E-state index contributed by atoms with van der Waals surface area (Å²) in [5.74, 6) is 0. The first-order chi connectivity index (χ1) is 27.3. The maximum Gasteiger partial charge on any atom is 0.0468 e. The van der Waals surface area contributed by atoms with E-state index < -0.39 is 0 Å². The Labute approximate surface area is 322 Å². The lowest BCUT2D eigenvalue weighted by Gasteiger charge is -2.27. The van der Waals surface area contributed by atoms with Crippen molar-refractivity contribution in [1.82, 2.24) is 0 Å². The van der Waals surface area contributed by atoms with E-state index in [0.717, 1.165) is 17.1 Å². The van der Waals surface area contributed by atoms with Gasteiger partial charge in [-0.25, -0.2) is 0 Å². The van der Waals surface area contributed by atoms with Crippen LogP contribution in [0.2, 0.25) is 0 Å². The summed E-state index contributed by atoms with van der Waals surface area (Å²) in [6.07, 6.45) is 0. The smallest absolute Gasteiger partial charge is 0.0468 e. The van der Waals surface area contributed by atoms with Gasteiger partial charge in [0.15, 0.2) is 0 Å². The third-order valence-electron chi connectivity index (χ3n) is 10.9. The van der Waals surface area contributed by atoms with Gasteiger partial charge in [0.1, 0.15) is 0 Å². The molecule has 10 rings (SSSR count). The average molecular weight is 700 g/mol. The highest BCUT2D eigenvalue weighted by Crippen LogP contribution is 2.43. The van der Waals surface area contributed by atoms with E-state index in [-0.39, 0.29) is 0 Å². The number of rotatable bonds is 7. The molecule has 1 heteroatoms. The second kappa shape index (κ2) is 14.0. The predicted octanol–water partition coefficient (Wildman–Crippen LogP) is 15.3. The van der Waals surface area contributed by atoms with Gasteiger partial charge in [-0.2, -0.15) is 0 Å². The molecule has 0 unspecified atom stereocenters. The Hall–Kier alpha value is -7.22. The first-order valence-corrected chi connectivity index (χ1v) is 18.9. The summed E-state index contributed by atoms with van der Waals surface area (Å²) in [7, 11) is 0. The van der Waals surface area contributed by atoms with E-state index in [1.807, 2.05) is 0 Å². The molecule has 0 aliphatic carbocycles. The lowest BCUT2D eigenvalue weighted by atomic mass is 9.92. The van der Waals surface area contributed by atoms with Gasteiger partial charge in [-0.15, -0.1) is 0 Å². The summed E-state index contributed by atoms with van der Waals surface area (Å²) in [4.78, 5) is 2.41. The molecule has 0 heterocycles. The topological polar surface area (TPSA) is 3.24 Å².